The quantitative estimate of drug-likeness (QED) is 0.132. The summed E-state index contributed by atoms with van der Waals surface area (Å²) in [6.45, 7) is 0.0555. The van der Waals surface area contributed by atoms with Crippen LogP contribution in [0.5, 0.6) is 11.5 Å². The number of fused-ring (bicyclic) bond motifs is 1. The molecule has 3 atom stereocenters. The van der Waals surface area contributed by atoms with E-state index in [4.69, 9.17) is 29.4 Å². The predicted molar refractivity (Wildman–Crippen MR) is 182 cm³/mol. The van der Waals surface area contributed by atoms with E-state index in [1.165, 1.54) is 6.33 Å². The van der Waals surface area contributed by atoms with E-state index in [-0.39, 0.29) is 12.4 Å². The number of hydrogen-bond acceptors (Lipinski definition) is 10. The summed E-state index contributed by atoms with van der Waals surface area (Å²) in [5.41, 5.74) is 9.02. The average molecular weight is 658 g/mol. The number of carbonyl (C=O) groups excluding carboxylic acids is 1. The molecule has 1 fully saturated rings. The topological polar surface area (TPSA) is 133 Å². The van der Waals surface area contributed by atoms with E-state index in [0.717, 1.165) is 16.7 Å². The third-order valence-electron chi connectivity index (χ3n) is 8.78. The number of aromatic nitrogens is 4. The largest absolute Gasteiger partial charge is 0.497 e. The number of imidazole rings is 1. The van der Waals surface area contributed by atoms with Gasteiger partial charge in [-0.1, -0.05) is 72.8 Å². The van der Waals surface area contributed by atoms with Crippen molar-refractivity contribution in [2.24, 2.45) is 0 Å². The minimum atomic E-state index is -1.10. The SMILES string of the molecule is COc1ccc(C(OC[C@H]2O[C@H](n3cnc4c(N)ncnc43)C[C@H]2OC(=O)c2ccccc2)(c2ccccc2)c2ccc(OC)cc2)cc1. The van der Waals surface area contributed by atoms with Gasteiger partial charge in [-0.25, -0.2) is 19.7 Å². The standard InChI is InChI=1S/C38H35N5O6/c1-45-29-17-13-27(14-18-29)38(26-11-7-4-8-12-26,28-15-19-30(46-2)20-16-28)47-22-32-31(49-37(44)25-9-5-3-6-10-25)21-33(48-32)43-24-42-34-35(39)40-23-41-36(34)43/h3-20,23-24,31-33H,21-22H2,1-2H3,(H2,39,40,41)/t31-,32-,33+/m1/s1. The number of nitrogens with two attached hydrogens (primary N) is 1. The lowest BCUT2D eigenvalue weighted by Gasteiger charge is -2.37. The van der Waals surface area contributed by atoms with Crippen LogP contribution in [0.4, 0.5) is 5.82 Å². The van der Waals surface area contributed by atoms with Crippen LogP contribution in [-0.4, -0.2) is 58.5 Å². The first kappa shape index (κ1) is 31.8. The van der Waals surface area contributed by atoms with E-state index in [9.17, 15) is 4.79 Å². The van der Waals surface area contributed by atoms with E-state index in [1.807, 2.05) is 84.9 Å². The molecule has 49 heavy (non-hydrogen) atoms. The lowest BCUT2D eigenvalue weighted by Crippen LogP contribution is -2.39. The van der Waals surface area contributed by atoms with Crippen LogP contribution in [0, 0.1) is 0 Å². The Morgan fingerprint density at radius 1 is 0.816 bits per heavy atom. The van der Waals surface area contributed by atoms with Crippen molar-refractivity contribution in [3.63, 3.8) is 0 Å². The minimum absolute atomic E-state index is 0.0555. The second kappa shape index (κ2) is 13.8. The number of methoxy groups -OCH3 is 2. The van der Waals surface area contributed by atoms with Crippen molar-refractivity contribution >= 4 is 23.0 Å². The number of carbonyl (C=O) groups is 1. The van der Waals surface area contributed by atoms with Crippen molar-refractivity contribution < 1.29 is 28.5 Å². The zero-order valence-electron chi connectivity index (χ0n) is 27.0. The van der Waals surface area contributed by atoms with Gasteiger partial charge in [-0.2, -0.15) is 0 Å². The molecule has 0 aliphatic carbocycles. The summed E-state index contributed by atoms with van der Waals surface area (Å²) in [5.74, 6) is 1.24. The van der Waals surface area contributed by atoms with Crippen molar-refractivity contribution in [1.82, 2.24) is 19.5 Å². The highest BCUT2D eigenvalue weighted by Crippen LogP contribution is 2.43. The molecule has 1 aliphatic rings. The zero-order valence-corrected chi connectivity index (χ0v) is 27.0. The third-order valence-corrected chi connectivity index (χ3v) is 8.78. The van der Waals surface area contributed by atoms with E-state index < -0.39 is 30.0 Å². The van der Waals surface area contributed by atoms with Crippen LogP contribution in [0.1, 0.15) is 39.7 Å². The first-order valence-electron chi connectivity index (χ1n) is 15.8. The van der Waals surface area contributed by atoms with Crippen LogP contribution < -0.4 is 15.2 Å². The molecule has 2 N–H and O–H groups in total. The van der Waals surface area contributed by atoms with Crippen LogP contribution in [0.25, 0.3) is 11.2 Å². The van der Waals surface area contributed by atoms with Crippen molar-refractivity contribution in [2.45, 2.75) is 30.5 Å². The molecule has 0 spiro atoms. The fourth-order valence-electron chi connectivity index (χ4n) is 6.29. The molecule has 11 nitrogen and oxygen atoms in total. The summed E-state index contributed by atoms with van der Waals surface area (Å²) >= 11 is 0. The zero-order chi connectivity index (χ0) is 33.8. The summed E-state index contributed by atoms with van der Waals surface area (Å²) in [5, 5.41) is 0. The Morgan fingerprint density at radius 2 is 1.41 bits per heavy atom. The molecule has 0 bridgehead atoms. The summed E-state index contributed by atoms with van der Waals surface area (Å²) in [6.07, 6.45) is 1.41. The molecular weight excluding hydrogens is 622 g/mol. The van der Waals surface area contributed by atoms with E-state index >= 15 is 0 Å². The second-order valence-corrected chi connectivity index (χ2v) is 11.6. The Bertz CT molecular complexity index is 1970. The van der Waals surface area contributed by atoms with Crippen LogP contribution >= 0.6 is 0 Å². The molecular formula is C38H35N5O6. The van der Waals surface area contributed by atoms with Crippen LogP contribution in [0.15, 0.2) is 122 Å². The van der Waals surface area contributed by atoms with Crippen molar-refractivity contribution in [2.75, 3.05) is 26.6 Å². The van der Waals surface area contributed by atoms with Gasteiger partial charge in [0.2, 0.25) is 0 Å². The maximum atomic E-state index is 13.4. The molecule has 6 aromatic rings. The fourth-order valence-corrected chi connectivity index (χ4v) is 6.29. The number of nitrogens with zero attached hydrogens (tertiary/aromatic N) is 4. The van der Waals surface area contributed by atoms with Gasteiger partial charge >= 0.3 is 5.97 Å². The maximum absolute atomic E-state index is 13.4. The minimum Gasteiger partial charge on any atom is -0.497 e. The summed E-state index contributed by atoms with van der Waals surface area (Å²) in [7, 11) is 3.27. The molecule has 3 heterocycles. The Balaban J connectivity index is 1.29. The number of hydrogen-bond donors (Lipinski definition) is 1. The van der Waals surface area contributed by atoms with E-state index in [1.54, 1.807) is 49.4 Å². The smallest absolute Gasteiger partial charge is 0.338 e. The number of nitrogen functional groups attached to an aromatic ring is 1. The summed E-state index contributed by atoms with van der Waals surface area (Å²) in [4.78, 5) is 26.3. The molecule has 248 valence electrons. The number of ether oxygens (including phenoxy) is 5. The molecule has 1 saturated heterocycles. The predicted octanol–water partition coefficient (Wildman–Crippen LogP) is 5.95. The number of anilines is 1. The van der Waals surface area contributed by atoms with Gasteiger partial charge < -0.3 is 29.4 Å². The average Bonchev–Trinajstić information content (AvgIpc) is 3.78. The van der Waals surface area contributed by atoms with Gasteiger partial charge in [-0.15, -0.1) is 0 Å². The number of rotatable bonds is 11. The number of esters is 1. The van der Waals surface area contributed by atoms with Gasteiger partial charge in [0.05, 0.1) is 32.7 Å². The van der Waals surface area contributed by atoms with Gasteiger partial charge in [0, 0.05) is 6.42 Å². The van der Waals surface area contributed by atoms with Gasteiger partial charge in [0.15, 0.2) is 11.5 Å². The van der Waals surface area contributed by atoms with Crippen molar-refractivity contribution in [1.29, 1.82) is 0 Å². The highest BCUT2D eigenvalue weighted by Gasteiger charge is 2.44. The monoisotopic (exact) mass is 657 g/mol. The summed E-state index contributed by atoms with van der Waals surface area (Å²) < 4.78 is 32.7. The highest BCUT2D eigenvalue weighted by molar-refractivity contribution is 5.89. The molecule has 1 aliphatic heterocycles. The Kier molecular flexibility index (Phi) is 8.93. The van der Waals surface area contributed by atoms with Gasteiger partial charge in [-0.3, -0.25) is 4.57 Å². The first-order valence-corrected chi connectivity index (χ1v) is 15.8. The van der Waals surface area contributed by atoms with Gasteiger partial charge in [0.1, 0.15) is 47.4 Å². The molecule has 4 aromatic carbocycles. The lowest BCUT2D eigenvalue weighted by atomic mass is 9.80. The fraction of sp³-hybridized carbons (Fsp3) is 0.211. The molecule has 0 saturated carbocycles. The molecule has 7 rings (SSSR count). The normalized spacial score (nSPS) is 17.6. The lowest BCUT2D eigenvalue weighted by molar-refractivity contribution is -0.0955. The molecule has 0 unspecified atom stereocenters. The Labute approximate surface area is 283 Å². The van der Waals surface area contributed by atoms with Crippen LogP contribution in [0.2, 0.25) is 0 Å². The Hall–Kier alpha value is -5.78. The highest BCUT2D eigenvalue weighted by atomic mass is 16.6. The van der Waals surface area contributed by atoms with Gasteiger partial charge in [0.25, 0.3) is 0 Å². The molecule has 11 heteroatoms. The van der Waals surface area contributed by atoms with Gasteiger partial charge in [-0.05, 0) is 53.1 Å². The van der Waals surface area contributed by atoms with Crippen molar-refractivity contribution in [3.8, 4) is 11.5 Å². The second-order valence-electron chi connectivity index (χ2n) is 11.6. The molecule has 0 amide bonds. The number of benzene rings is 4. The maximum Gasteiger partial charge on any atom is 0.338 e. The van der Waals surface area contributed by atoms with Crippen molar-refractivity contribution in [3.05, 3.63) is 144 Å². The van der Waals surface area contributed by atoms with E-state index in [0.29, 0.717) is 34.6 Å². The first-order chi connectivity index (χ1) is 24.0. The van der Waals surface area contributed by atoms with E-state index in [2.05, 4.69) is 15.0 Å². The molecule has 2 aromatic heterocycles. The summed E-state index contributed by atoms with van der Waals surface area (Å²) in [6, 6.07) is 34.4. The Morgan fingerprint density at radius 3 is 2.02 bits per heavy atom. The molecule has 0 radical (unpaired) electrons. The van der Waals surface area contributed by atoms with Crippen LogP contribution in [0.3, 0.4) is 0 Å². The third kappa shape index (κ3) is 6.17. The van der Waals surface area contributed by atoms with Crippen LogP contribution in [-0.2, 0) is 19.8 Å².